The predicted octanol–water partition coefficient (Wildman–Crippen LogP) is 8.46. The minimum absolute atomic E-state index is 0.306. The van der Waals surface area contributed by atoms with Crippen LogP contribution in [-0.2, 0) is 6.61 Å². The van der Waals surface area contributed by atoms with E-state index in [-0.39, 0.29) is 0 Å². The molecule has 1 N–H and O–H groups in total. The van der Waals surface area contributed by atoms with Crippen LogP contribution in [0.25, 0.3) is 0 Å². The van der Waals surface area contributed by atoms with Gasteiger partial charge in [0.05, 0.1) is 11.7 Å². The van der Waals surface area contributed by atoms with E-state index in [0.717, 1.165) is 23.4 Å². The fourth-order valence-corrected chi connectivity index (χ4v) is 5.46. The highest BCUT2D eigenvalue weighted by Gasteiger charge is 2.37. The third-order valence-electron chi connectivity index (χ3n) is 7.54. The first-order valence-electron chi connectivity index (χ1n) is 13.1. The Labute approximate surface area is 219 Å². The molecule has 3 nitrogen and oxygen atoms in total. The Kier molecular flexibility index (Phi) is 6.36. The smallest absolute Gasteiger partial charge is 0.119 e. The zero-order valence-corrected chi connectivity index (χ0v) is 21.4. The van der Waals surface area contributed by atoms with Crippen molar-refractivity contribution < 1.29 is 4.74 Å². The van der Waals surface area contributed by atoms with Crippen molar-refractivity contribution in [2.75, 3.05) is 5.32 Å². The van der Waals surface area contributed by atoms with Gasteiger partial charge < -0.3 is 10.1 Å². The first kappa shape index (κ1) is 23.3. The van der Waals surface area contributed by atoms with Gasteiger partial charge in [0.1, 0.15) is 12.4 Å². The molecule has 1 heterocycles. The quantitative estimate of drug-likeness (QED) is 0.220. The maximum absolute atomic E-state index is 5.92. The SMILES string of the molecule is Cc1ccc(COc2ccc(C=Nc3ccc([C@@H]4Nc5ccc(C)cc5[C@H]5C=CC[C@@H]54)cc3)cc2)cc1. The average Bonchev–Trinajstić information content (AvgIpc) is 3.43. The highest BCUT2D eigenvalue weighted by Crippen LogP contribution is 2.50. The molecule has 37 heavy (non-hydrogen) atoms. The first-order chi connectivity index (χ1) is 18.1. The highest BCUT2D eigenvalue weighted by atomic mass is 16.5. The molecule has 0 fully saturated rings. The van der Waals surface area contributed by atoms with Gasteiger partial charge in [-0.25, -0.2) is 0 Å². The number of rotatable bonds is 6. The number of allylic oxidation sites excluding steroid dienone is 2. The summed E-state index contributed by atoms with van der Waals surface area (Å²) in [4.78, 5) is 4.71. The Hall–Kier alpha value is -4.11. The molecule has 0 radical (unpaired) electrons. The summed E-state index contributed by atoms with van der Waals surface area (Å²) in [5.74, 6) is 1.90. The van der Waals surface area contributed by atoms with Crippen LogP contribution in [0.1, 0.15) is 51.8 Å². The largest absolute Gasteiger partial charge is 0.489 e. The zero-order chi connectivity index (χ0) is 25.2. The number of fused-ring (bicyclic) bond motifs is 3. The Morgan fingerprint density at radius 2 is 1.62 bits per heavy atom. The number of hydrogen-bond acceptors (Lipinski definition) is 3. The maximum Gasteiger partial charge on any atom is 0.119 e. The number of aliphatic imine (C=N–C) groups is 1. The van der Waals surface area contributed by atoms with Crippen molar-refractivity contribution in [2.24, 2.45) is 10.9 Å². The van der Waals surface area contributed by atoms with Crippen LogP contribution in [0.4, 0.5) is 11.4 Å². The lowest BCUT2D eigenvalue weighted by Gasteiger charge is -2.37. The fourth-order valence-electron chi connectivity index (χ4n) is 5.46. The second kappa shape index (κ2) is 10.1. The molecule has 2 aliphatic rings. The lowest BCUT2D eigenvalue weighted by atomic mass is 9.76. The molecule has 0 aromatic heterocycles. The van der Waals surface area contributed by atoms with Gasteiger partial charge >= 0.3 is 0 Å². The summed E-state index contributed by atoms with van der Waals surface area (Å²) in [5, 5.41) is 3.83. The molecule has 0 spiro atoms. The van der Waals surface area contributed by atoms with E-state index < -0.39 is 0 Å². The molecule has 0 saturated heterocycles. The van der Waals surface area contributed by atoms with E-state index in [0.29, 0.717) is 24.5 Å². The molecule has 4 aromatic rings. The van der Waals surface area contributed by atoms with Crippen LogP contribution in [-0.4, -0.2) is 6.21 Å². The van der Waals surface area contributed by atoms with E-state index in [1.807, 2.05) is 30.5 Å². The van der Waals surface area contributed by atoms with E-state index in [2.05, 4.69) is 98.0 Å². The van der Waals surface area contributed by atoms with Gasteiger partial charge in [0, 0.05) is 17.8 Å². The minimum atomic E-state index is 0.306. The van der Waals surface area contributed by atoms with Gasteiger partial charge in [-0.1, -0.05) is 71.8 Å². The third kappa shape index (κ3) is 5.08. The molecule has 3 atom stereocenters. The lowest BCUT2D eigenvalue weighted by molar-refractivity contribution is 0.306. The molecule has 4 aromatic carbocycles. The summed E-state index contributed by atoms with van der Waals surface area (Å²) in [6, 6.07) is 32.3. The number of hydrogen-bond donors (Lipinski definition) is 1. The normalized spacial score (nSPS) is 19.9. The molecule has 0 amide bonds. The maximum atomic E-state index is 5.92. The third-order valence-corrected chi connectivity index (χ3v) is 7.54. The second-order valence-corrected chi connectivity index (χ2v) is 10.3. The van der Waals surface area contributed by atoms with Crippen LogP contribution in [0, 0.1) is 19.8 Å². The average molecular weight is 485 g/mol. The van der Waals surface area contributed by atoms with Crippen LogP contribution >= 0.6 is 0 Å². The summed E-state index contributed by atoms with van der Waals surface area (Å²) in [5.41, 5.74) is 9.77. The Morgan fingerprint density at radius 1 is 0.865 bits per heavy atom. The fraction of sp³-hybridized carbons (Fsp3) is 0.206. The van der Waals surface area contributed by atoms with Crippen LogP contribution in [0.3, 0.4) is 0 Å². The standard InChI is InChI=1S/C34H32N2O/c1-23-6-9-26(10-7-23)22-37-29-17-11-25(12-18-29)21-35-28-15-13-27(14-16-28)34-31-5-3-4-30(31)32-20-24(2)8-19-33(32)36-34/h3-4,6-21,30-31,34,36H,5,22H2,1-2H3/t30-,31-,34-/m0/s1. The van der Waals surface area contributed by atoms with Gasteiger partial charge in [0.25, 0.3) is 0 Å². The molecular formula is C34H32N2O. The molecule has 6 rings (SSSR count). The number of nitrogens with one attached hydrogen (secondary N) is 1. The second-order valence-electron chi connectivity index (χ2n) is 10.3. The van der Waals surface area contributed by atoms with E-state index in [1.54, 1.807) is 0 Å². The van der Waals surface area contributed by atoms with Crippen LogP contribution in [0.5, 0.6) is 5.75 Å². The summed E-state index contributed by atoms with van der Waals surface area (Å²) >= 11 is 0. The summed E-state index contributed by atoms with van der Waals surface area (Å²) in [7, 11) is 0. The monoisotopic (exact) mass is 484 g/mol. The molecule has 0 saturated carbocycles. The van der Waals surface area contributed by atoms with Crippen LogP contribution < -0.4 is 10.1 Å². The number of benzene rings is 4. The lowest BCUT2D eigenvalue weighted by Crippen LogP contribution is -2.29. The molecule has 3 heteroatoms. The Morgan fingerprint density at radius 3 is 2.41 bits per heavy atom. The summed E-state index contributed by atoms with van der Waals surface area (Å²) in [6.45, 7) is 4.84. The molecule has 1 aliphatic heterocycles. The van der Waals surface area contributed by atoms with Gasteiger partial charge in [-0.05, 0) is 90.9 Å². The highest BCUT2D eigenvalue weighted by molar-refractivity contribution is 5.82. The van der Waals surface area contributed by atoms with Crippen LogP contribution in [0.2, 0.25) is 0 Å². The number of aryl methyl sites for hydroxylation is 2. The van der Waals surface area contributed by atoms with Crippen LogP contribution in [0.15, 0.2) is 108 Å². The van der Waals surface area contributed by atoms with Crippen molar-refractivity contribution in [3.05, 3.63) is 137 Å². The van der Waals surface area contributed by atoms with Gasteiger partial charge in [0.15, 0.2) is 0 Å². The summed E-state index contributed by atoms with van der Waals surface area (Å²) in [6.07, 6.45) is 7.76. The Balaban J connectivity index is 1.10. The number of anilines is 1. The van der Waals surface area contributed by atoms with E-state index in [4.69, 9.17) is 9.73 Å². The number of nitrogens with zero attached hydrogens (tertiary/aromatic N) is 1. The van der Waals surface area contributed by atoms with E-state index >= 15 is 0 Å². The summed E-state index contributed by atoms with van der Waals surface area (Å²) < 4.78 is 5.92. The molecular weight excluding hydrogens is 452 g/mol. The van der Waals surface area contributed by atoms with Gasteiger partial charge in [-0.3, -0.25) is 4.99 Å². The first-order valence-corrected chi connectivity index (χ1v) is 13.1. The van der Waals surface area contributed by atoms with Crippen molar-refractivity contribution in [1.29, 1.82) is 0 Å². The van der Waals surface area contributed by atoms with Crippen molar-refractivity contribution in [2.45, 2.75) is 38.8 Å². The van der Waals surface area contributed by atoms with Gasteiger partial charge in [-0.2, -0.15) is 0 Å². The Bertz CT molecular complexity index is 1430. The molecule has 184 valence electrons. The molecule has 0 unspecified atom stereocenters. The zero-order valence-electron chi connectivity index (χ0n) is 21.4. The van der Waals surface area contributed by atoms with Crippen molar-refractivity contribution in [1.82, 2.24) is 0 Å². The van der Waals surface area contributed by atoms with Crippen molar-refractivity contribution >= 4 is 17.6 Å². The predicted molar refractivity (Wildman–Crippen MR) is 153 cm³/mol. The topological polar surface area (TPSA) is 33.6 Å². The molecule has 0 bridgehead atoms. The van der Waals surface area contributed by atoms with Gasteiger partial charge in [-0.15, -0.1) is 0 Å². The van der Waals surface area contributed by atoms with Crippen molar-refractivity contribution in [3.63, 3.8) is 0 Å². The van der Waals surface area contributed by atoms with Gasteiger partial charge in [0.2, 0.25) is 0 Å². The van der Waals surface area contributed by atoms with Crippen molar-refractivity contribution in [3.8, 4) is 5.75 Å². The van der Waals surface area contributed by atoms with E-state index in [9.17, 15) is 0 Å². The minimum Gasteiger partial charge on any atom is -0.489 e. The molecule has 1 aliphatic carbocycles. The number of ether oxygens (including phenoxy) is 1. The van der Waals surface area contributed by atoms with E-state index in [1.165, 1.54) is 33.5 Å².